The fourth-order valence-corrected chi connectivity index (χ4v) is 5.10. The van der Waals surface area contributed by atoms with E-state index in [4.69, 9.17) is 4.74 Å². The number of rotatable bonds is 6. The van der Waals surface area contributed by atoms with E-state index >= 15 is 0 Å². The van der Waals surface area contributed by atoms with Crippen molar-refractivity contribution in [2.75, 3.05) is 38.2 Å². The van der Waals surface area contributed by atoms with Crippen LogP contribution in [0.3, 0.4) is 0 Å². The Morgan fingerprint density at radius 1 is 0.970 bits per heavy atom. The van der Waals surface area contributed by atoms with Crippen LogP contribution in [-0.4, -0.2) is 54.1 Å². The number of H-pyrrole nitrogens is 1. The van der Waals surface area contributed by atoms with Crippen molar-refractivity contribution in [3.8, 4) is 5.75 Å². The van der Waals surface area contributed by atoms with E-state index in [-0.39, 0.29) is 5.91 Å². The quantitative estimate of drug-likeness (QED) is 0.420. The van der Waals surface area contributed by atoms with Crippen LogP contribution < -0.4 is 9.64 Å². The van der Waals surface area contributed by atoms with Crippen molar-refractivity contribution in [1.82, 2.24) is 14.9 Å². The standard InChI is InChI=1S/C26H26N4O2S/c1-32-24-13-7-6-12-23(24)29-14-16-30(17-15-29)25(31)20-9-3-2-8-19(20)18-33-26-27-21-10-4-5-11-22(21)28-26/h2-13H,14-18H2,1H3,(H,27,28). The number of benzene rings is 3. The van der Waals surface area contributed by atoms with Gasteiger partial charge in [0.05, 0.1) is 23.8 Å². The number of nitrogens with one attached hydrogen (secondary N) is 1. The van der Waals surface area contributed by atoms with Crippen molar-refractivity contribution in [3.05, 3.63) is 83.9 Å². The Bertz CT molecular complexity index is 1230. The van der Waals surface area contributed by atoms with Gasteiger partial charge >= 0.3 is 0 Å². The third-order valence-electron chi connectivity index (χ3n) is 5.97. The molecule has 1 fully saturated rings. The maximum absolute atomic E-state index is 13.4. The lowest BCUT2D eigenvalue weighted by molar-refractivity contribution is 0.0746. The summed E-state index contributed by atoms with van der Waals surface area (Å²) < 4.78 is 5.51. The first kappa shape index (κ1) is 21.4. The number of thioether (sulfide) groups is 1. The van der Waals surface area contributed by atoms with E-state index in [1.165, 1.54) is 0 Å². The van der Waals surface area contributed by atoms with Crippen molar-refractivity contribution >= 4 is 34.4 Å². The van der Waals surface area contributed by atoms with Crippen molar-refractivity contribution in [3.63, 3.8) is 0 Å². The summed E-state index contributed by atoms with van der Waals surface area (Å²) in [5.74, 6) is 1.64. The molecule has 3 aromatic carbocycles. The number of carbonyl (C=O) groups excluding carboxylic acids is 1. The van der Waals surface area contributed by atoms with Crippen LogP contribution in [0.2, 0.25) is 0 Å². The molecular formula is C26H26N4O2S. The number of aromatic nitrogens is 2. The minimum Gasteiger partial charge on any atom is -0.495 e. The summed E-state index contributed by atoms with van der Waals surface area (Å²) in [7, 11) is 1.69. The fourth-order valence-electron chi connectivity index (χ4n) is 4.21. The Labute approximate surface area is 197 Å². The number of imidazole rings is 1. The number of piperazine rings is 1. The molecule has 1 amide bonds. The van der Waals surface area contributed by atoms with Gasteiger partial charge in [-0.25, -0.2) is 4.98 Å². The van der Waals surface area contributed by atoms with Crippen molar-refractivity contribution in [1.29, 1.82) is 0 Å². The predicted molar refractivity (Wildman–Crippen MR) is 133 cm³/mol. The molecule has 7 heteroatoms. The molecule has 33 heavy (non-hydrogen) atoms. The average molecular weight is 459 g/mol. The van der Waals surface area contributed by atoms with Gasteiger partial charge in [-0.1, -0.05) is 54.2 Å². The molecule has 1 aliphatic rings. The summed E-state index contributed by atoms with van der Waals surface area (Å²) in [6.07, 6.45) is 0. The molecule has 168 valence electrons. The van der Waals surface area contributed by atoms with Crippen LogP contribution >= 0.6 is 11.8 Å². The molecule has 1 N–H and O–H groups in total. The van der Waals surface area contributed by atoms with Gasteiger partial charge in [-0.05, 0) is 35.9 Å². The number of hydrogen-bond donors (Lipinski definition) is 1. The second-order valence-electron chi connectivity index (χ2n) is 7.96. The van der Waals surface area contributed by atoms with Gasteiger partial charge in [0.15, 0.2) is 5.16 Å². The maximum atomic E-state index is 13.4. The van der Waals surface area contributed by atoms with E-state index in [1.807, 2.05) is 71.6 Å². The number of nitrogens with zero attached hydrogens (tertiary/aromatic N) is 3. The molecule has 0 saturated carbocycles. The van der Waals surface area contributed by atoms with E-state index in [1.54, 1.807) is 18.9 Å². The number of amides is 1. The Morgan fingerprint density at radius 3 is 2.52 bits per heavy atom. The zero-order chi connectivity index (χ0) is 22.6. The van der Waals surface area contributed by atoms with Gasteiger partial charge in [-0.15, -0.1) is 0 Å². The average Bonchev–Trinajstić information content (AvgIpc) is 3.30. The minimum absolute atomic E-state index is 0.0930. The highest BCUT2D eigenvalue weighted by Crippen LogP contribution is 2.29. The number of aromatic amines is 1. The first-order valence-electron chi connectivity index (χ1n) is 11.1. The fraction of sp³-hybridized carbons (Fsp3) is 0.231. The highest BCUT2D eigenvalue weighted by molar-refractivity contribution is 7.98. The van der Waals surface area contributed by atoms with Crippen LogP contribution in [0.15, 0.2) is 78.0 Å². The van der Waals surface area contributed by atoms with Crippen LogP contribution in [0, 0.1) is 0 Å². The number of para-hydroxylation sites is 4. The molecular weight excluding hydrogens is 432 g/mol. The lowest BCUT2D eigenvalue weighted by atomic mass is 10.1. The summed E-state index contributed by atoms with van der Waals surface area (Å²) in [6.45, 7) is 2.92. The molecule has 1 aliphatic heterocycles. The molecule has 0 unspecified atom stereocenters. The zero-order valence-electron chi connectivity index (χ0n) is 18.5. The van der Waals surface area contributed by atoms with E-state index < -0.39 is 0 Å². The lowest BCUT2D eigenvalue weighted by Crippen LogP contribution is -2.49. The van der Waals surface area contributed by atoms with Gasteiger partial charge in [0.1, 0.15) is 5.75 Å². The monoisotopic (exact) mass is 458 g/mol. The second-order valence-corrected chi connectivity index (χ2v) is 8.92. The number of ether oxygens (including phenoxy) is 1. The third-order valence-corrected chi connectivity index (χ3v) is 6.89. The Hall–Kier alpha value is -3.45. The molecule has 4 aromatic rings. The number of fused-ring (bicyclic) bond motifs is 1. The van der Waals surface area contributed by atoms with Crippen LogP contribution in [0.1, 0.15) is 15.9 Å². The summed E-state index contributed by atoms with van der Waals surface area (Å²) in [5.41, 5.74) is 4.86. The Balaban J connectivity index is 1.26. The van der Waals surface area contributed by atoms with Crippen LogP contribution in [-0.2, 0) is 5.75 Å². The molecule has 0 aliphatic carbocycles. The SMILES string of the molecule is COc1ccccc1N1CCN(C(=O)c2ccccc2CSc2nc3ccccc3[nH]2)CC1. The van der Waals surface area contributed by atoms with Crippen LogP contribution in [0.5, 0.6) is 5.75 Å². The van der Waals surface area contributed by atoms with Crippen molar-refractivity contribution in [2.45, 2.75) is 10.9 Å². The van der Waals surface area contributed by atoms with E-state index in [0.29, 0.717) is 18.8 Å². The number of anilines is 1. The van der Waals surface area contributed by atoms with E-state index in [2.05, 4.69) is 20.9 Å². The molecule has 1 aromatic heterocycles. The van der Waals surface area contributed by atoms with Gasteiger partial charge < -0.3 is 19.5 Å². The summed E-state index contributed by atoms with van der Waals surface area (Å²) in [6, 6.07) is 23.9. The number of hydrogen-bond acceptors (Lipinski definition) is 5. The molecule has 5 rings (SSSR count). The second kappa shape index (κ2) is 9.58. The maximum Gasteiger partial charge on any atom is 0.254 e. The number of methoxy groups -OCH3 is 1. The normalized spacial score (nSPS) is 14.0. The molecule has 0 radical (unpaired) electrons. The van der Waals surface area contributed by atoms with Gasteiger partial charge in [-0.2, -0.15) is 0 Å². The van der Waals surface area contributed by atoms with Gasteiger partial charge in [0, 0.05) is 37.5 Å². The topological polar surface area (TPSA) is 61.5 Å². The van der Waals surface area contributed by atoms with E-state index in [9.17, 15) is 4.79 Å². The molecule has 1 saturated heterocycles. The predicted octanol–water partition coefficient (Wildman–Crippen LogP) is 4.83. The number of carbonyl (C=O) groups is 1. The Morgan fingerprint density at radius 2 is 1.70 bits per heavy atom. The van der Waals surface area contributed by atoms with Crippen LogP contribution in [0.4, 0.5) is 5.69 Å². The minimum atomic E-state index is 0.0930. The summed E-state index contributed by atoms with van der Waals surface area (Å²) in [5, 5.41) is 0.865. The zero-order valence-corrected chi connectivity index (χ0v) is 19.3. The van der Waals surface area contributed by atoms with Gasteiger partial charge in [0.2, 0.25) is 0 Å². The summed E-state index contributed by atoms with van der Waals surface area (Å²) in [4.78, 5) is 25.6. The lowest BCUT2D eigenvalue weighted by Gasteiger charge is -2.36. The van der Waals surface area contributed by atoms with Gasteiger partial charge in [0.25, 0.3) is 5.91 Å². The highest BCUT2D eigenvalue weighted by atomic mass is 32.2. The third kappa shape index (κ3) is 4.54. The van der Waals surface area contributed by atoms with Crippen molar-refractivity contribution in [2.24, 2.45) is 0 Å². The molecule has 2 heterocycles. The van der Waals surface area contributed by atoms with Crippen molar-refractivity contribution < 1.29 is 9.53 Å². The molecule has 0 bridgehead atoms. The van der Waals surface area contributed by atoms with Gasteiger partial charge in [-0.3, -0.25) is 4.79 Å². The first-order valence-corrected chi connectivity index (χ1v) is 12.0. The molecule has 0 atom stereocenters. The highest BCUT2D eigenvalue weighted by Gasteiger charge is 2.25. The van der Waals surface area contributed by atoms with E-state index in [0.717, 1.165) is 51.8 Å². The van der Waals surface area contributed by atoms with Crippen LogP contribution in [0.25, 0.3) is 11.0 Å². The molecule has 0 spiro atoms. The summed E-state index contributed by atoms with van der Waals surface area (Å²) >= 11 is 1.62. The smallest absolute Gasteiger partial charge is 0.254 e. The first-order chi connectivity index (χ1) is 16.2. The molecule has 6 nitrogen and oxygen atoms in total. The largest absolute Gasteiger partial charge is 0.495 e. The Kier molecular flexibility index (Phi) is 6.21.